The summed E-state index contributed by atoms with van der Waals surface area (Å²) in [5.41, 5.74) is 9.07. The first kappa shape index (κ1) is 22.7. The average Bonchev–Trinajstić information content (AvgIpc) is 2.73. The maximum Gasteiger partial charge on any atom is 0.252 e. The van der Waals surface area contributed by atoms with Crippen LogP contribution in [0.4, 0.5) is 5.69 Å². The maximum absolute atomic E-state index is 13.0. The molecule has 0 bridgehead atoms. The fourth-order valence-electron chi connectivity index (χ4n) is 3.44. The quantitative estimate of drug-likeness (QED) is 0.189. The van der Waals surface area contributed by atoms with Crippen LogP contribution in [0.15, 0.2) is 54.6 Å². The first-order valence-corrected chi connectivity index (χ1v) is 11.0. The van der Waals surface area contributed by atoms with Gasteiger partial charge in [0.15, 0.2) is 0 Å². The molecule has 0 aliphatic carbocycles. The van der Waals surface area contributed by atoms with Crippen molar-refractivity contribution in [2.45, 2.75) is 71.3 Å². The summed E-state index contributed by atoms with van der Waals surface area (Å²) < 4.78 is 0. The highest BCUT2D eigenvalue weighted by molar-refractivity contribution is 6.24. The average molecular weight is 393 g/mol. The lowest BCUT2D eigenvalue weighted by Gasteiger charge is -2.16. The number of rotatable bonds is 12. The molecule has 0 saturated heterocycles. The van der Waals surface area contributed by atoms with Gasteiger partial charge in [0.1, 0.15) is 0 Å². The Labute approximate surface area is 176 Å². The van der Waals surface area contributed by atoms with Crippen molar-refractivity contribution in [3.8, 4) is 0 Å². The summed E-state index contributed by atoms with van der Waals surface area (Å²) in [5.74, 6) is -0.0246. The second kappa shape index (κ2) is 12.8. The molecule has 3 nitrogen and oxygen atoms in total. The first-order valence-electron chi connectivity index (χ1n) is 11.0. The third-order valence-electron chi connectivity index (χ3n) is 5.20. The van der Waals surface area contributed by atoms with Crippen LogP contribution in [0, 0.1) is 0 Å². The normalized spacial score (nSPS) is 12.6. The molecule has 3 N–H and O–H groups in total. The van der Waals surface area contributed by atoms with Crippen molar-refractivity contribution >= 4 is 23.2 Å². The molecule has 3 heteroatoms. The Hall–Kier alpha value is -2.55. The lowest BCUT2D eigenvalue weighted by atomic mass is 10.0. The number of anilines is 1. The van der Waals surface area contributed by atoms with Crippen LogP contribution in [0.1, 0.15) is 76.3 Å². The molecule has 1 unspecified atom stereocenters. The number of amides is 1. The minimum Gasteiger partial charge on any atom is -0.399 e. The van der Waals surface area contributed by atoms with E-state index >= 15 is 0 Å². The Morgan fingerprint density at radius 1 is 0.931 bits per heavy atom. The summed E-state index contributed by atoms with van der Waals surface area (Å²) >= 11 is 0. The third-order valence-corrected chi connectivity index (χ3v) is 5.20. The first-order chi connectivity index (χ1) is 14.1. The second-order valence-corrected chi connectivity index (χ2v) is 7.88. The Morgan fingerprint density at radius 3 is 2.21 bits per heavy atom. The van der Waals surface area contributed by atoms with Crippen molar-refractivity contribution in [2.75, 3.05) is 5.73 Å². The van der Waals surface area contributed by atoms with Crippen molar-refractivity contribution in [3.63, 3.8) is 0 Å². The van der Waals surface area contributed by atoms with Crippen molar-refractivity contribution in [1.82, 2.24) is 5.32 Å². The third kappa shape index (κ3) is 8.55. The molecule has 0 aliphatic heterocycles. The van der Waals surface area contributed by atoms with Gasteiger partial charge in [-0.25, -0.2) is 0 Å². The maximum atomic E-state index is 13.0. The van der Waals surface area contributed by atoms with Crippen LogP contribution in [-0.4, -0.2) is 11.9 Å². The van der Waals surface area contributed by atoms with Gasteiger partial charge in [0.05, 0.1) is 0 Å². The summed E-state index contributed by atoms with van der Waals surface area (Å²) in [7, 11) is 0. The summed E-state index contributed by atoms with van der Waals surface area (Å²) in [5, 5.41) is 3.19. The van der Waals surface area contributed by atoms with E-state index in [1.165, 1.54) is 38.5 Å². The van der Waals surface area contributed by atoms with Gasteiger partial charge in [-0.2, -0.15) is 0 Å². The van der Waals surface area contributed by atoms with Crippen molar-refractivity contribution < 1.29 is 4.79 Å². The largest absolute Gasteiger partial charge is 0.399 e. The zero-order valence-corrected chi connectivity index (χ0v) is 18.0. The fraction of sp³-hybridized carbons (Fsp3) is 0.423. The van der Waals surface area contributed by atoms with Crippen molar-refractivity contribution in [3.05, 3.63) is 65.7 Å². The Balaban J connectivity index is 1.94. The molecule has 0 heterocycles. The Kier molecular flexibility index (Phi) is 10.1. The van der Waals surface area contributed by atoms with Crippen LogP contribution in [0.2, 0.25) is 0 Å². The van der Waals surface area contributed by atoms with E-state index in [9.17, 15) is 4.79 Å². The number of carbonyl (C=O) groups is 1. The number of hydrogen-bond acceptors (Lipinski definition) is 2. The minimum atomic E-state index is -0.0246. The minimum absolute atomic E-state index is 0.0246. The van der Waals surface area contributed by atoms with Crippen molar-refractivity contribution in [1.29, 1.82) is 0 Å². The zero-order valence-electron chi connectivity index (χ0n) is 18.0. The number of unbranched alkanes of at least 4 members (excludes halogenated alkanes) is 6. The molecule has 1 atom stereocenters. The van der Waals surface area contributed by atoms with Gasteiger partial charge in [-0.3, -0.25) is 4.79 Å². The molecule has 0 spiro atoms. The van der Waals surface area contributed by atoms with Gasteiger partial charge >= 0.3 is 0 Å². The van der Waals surface area contributed by atoms with Gasteiger partial charge in [-0.05, 0) is 42.7 Å². The van der Waals surface area contributed by atoms with Gasteiger partial charge in [-0.15, -0.1) is 0 Å². The van der Waals surface area contributed by atoms with E-state index in [2.05, 4.69) is 19.2 Å². The lowest BCUT2D eigenvalue weighted by Crippen LogP contribution is -2.33. The van der Waals surface area contributed by atoms with E-state index in [4.69, 9.17) is 5.73 Å². The predicted molar refractivity (Wildman–Crippen MR) is 125 cm³/mol. The van der Waals surface area contributed by atoms with Crippen LogP contribution in [0.3, 0.4) is 0 Å². The number of nitrogens with one attached hydrogen (secondary N) is 1. The van der Waals surface area contributed by atoms with Crippen LogP contribution in [0.25, 0.3) is 11.6 Å². The zero-order chi connectivity index (χ0) is 20.9. The standard InChI is InChI=1S/C26H36N2O/c1-3-4-5-6-7-8-10-13-21(2)28-26(29)25(23-14-11-9-12-15-23)20-22-16-18-24(27)19-17-22/h9,11-12,14-21H,3-8,10,13,27H2,1-2H3,(H,28,29)/b25-20-. The fourth-order valence-corrected chi connectivity index (χ4v) is 3.44. The number of benzene rings is 2. The summed E-state index contributed by atoms with van der Waals surface area (Å²) in [6.45, 7) is 4.34. The smallest absolute Gasteiger partial charge is 0.252 e. The molecule has 156 valence electrons. The van der Waals surface area contributed by atoms with Gasteiger partial charge in [0, 0.05) is 17.3 Å². The van der Waals surface area contributed by atoms with E-state index in [0.717, 1.165) is 29.7 Å². The number of hydrogen-bond donors (Lipinski definition) is 2. The summed E-state index contributed by atoms with van der Waals surface area (Å²) in [4.78, 5) is 13.0. The molecule has 29 heavy (non-hydrogen) atoms. The van der Waals surface area contributed by atoms with Crippen molar-refractivity contribution in [2.24, 2.45) is 0 Å². The second-order valence-electron chi connectivity index (χ2n) is 7.88. The molecular weight excluding hydrogens is 356 g/mol. The molecule has 0 saturated carbocycles. The highest BCUT2D eigenvalue weighted by atomic mass is 16.1. The van der Waals surface area contributed by atoms with E-state index in [0.29, 0.717) is 5.57 Å². The van der Waals surface area contributed by atoms with Gasteiger partial charge in [0.25, 0.3) is 5.91 Å². The van der Waals surface area contributed by atoms with E-state index in [-0.39, 0.29) is 11.9 Å². The molecule has 0 radical (unpaired) electrons. The number of carbonyl (C=O) groups excluding carboxylic acids is 1. The highest BCUT2D eigenvalue weighted by Crippen LogP contribution is 2.20. The van der Waals surface area contributed by atoms with E-state index < -0.39 is 0 Å². The van der Waals surface area contributed by atoms with Gasteiger partial charge in [0.2, 0.25) is 0 Å². The van der Waals surface area contributed by atoms with Crippen LogP contribution >= 0.6 is 0 Å². The molecule has 2 aromatic rings. The summed E-state index contributed by atoms with van der Waals surface area (Å²) in [6.07, 6.45) is 12.0. The van der Waals surface area contributed by atoms with Crippen LogP contribution < -0.4 is 11.1 Å². The topological polar surface area (TPSA) is 55.1 Å². The Bertz CT molecular complexity index is 750. The van der Waals surface area contributed by atoms with Gasteiger partial charge in [-0.1, -0.05) is 94.3 Å². The Morgan fingerprint density at radius 2 is 1.55 bits per heavy atom. The molecule has 1 amide bonds. The monoisotopic (exact) mass is 392 g/mol. The molecule has 0 fully saturated rings. The van der Waals surface area contributed by atoms with E-state index in [1.807, 2.05) is 60.7 Å². The lowest BCUT2D eigenvalue weighted by molar-refractivity contribution is -0.116. The number of nitrogens with two attached hydrogens (primary N) is 1. The molecule has 2 rings (SSSR count). The SMILES string of the molecule is CCCCCCCCCC(C)NC(=O)/C(=C\c1ccc(N)cc1)c1ccccc1. The molecule has 0 aliphatic rings. The van der Waals surface area contributed by atoms with Crippen LogP contribution in [0.5, 0.6) is 0 Å². The molecule has 2 aromatic carbocycles. The number of nitrogen functional groups attached to an aromatic ring is 1. The van der Waals surface area contributed by atoms with Gasteiger partial charge < -0.3 is 11.1 Å². The molecule has 0 aromatic heterocycles. The molecular formula is C26H36N2O. The van der Waals surface area contributed by atoms with E-state index in [1.54, 1.807) is 0 Å². The predicted octanol–water partition coefficient (Wildman–Crippen LogP) is 6.45. The van der Waals surface area contributed by atoms with Crippen LogP contribution in [-0.2, 0) is 4.79 Å². The summed E-state index contributed by atoms with van der Waals surface area (Å²) in [6, 6.07) is 17.6. The highest BCUT2D eigenvalue weighted by Gasteiger charge is 2.14.